The summed E-state index contributed by atoms with van der Waals surface area (Å²) in [7, 11) is 0. The van der Waals surface area contributed by atoms with Crippen LogP contribution < -0.4 is 15.0 Å². The number of imide groups is 1. The lowest BCUT2D eigenvalue weighted by Crippen LogP contribution is -2.31. The van der Waals surface area contributed by atoms with Crippen molar-refractivity contribution < 1.29 is 28.7 Å². The zero-order chi connectivity index (χ0) is 24.2. The normalized spacial score (nSPS) is 21.7. The van der Waals surface area contributed by atoms with Crippen LogP contribution in [0.25, 0.3) is 0 Å². The molecule has 1 saturated carbocycles. The highest BCUT2D eigenvalue weighted by atomic mass is 16.5. The highest BCUT2D eigenvalue weighted by Gasteiger charge is 2.50. The number of carbonyl (C=O) groups excluding carboxylic acids is 4. The van der Waals surface area contributed by atoms with Gasteiger partial charge in [-0.2, -0.15) is 0 Å². The first-order valence-corrected chi connectivity index (χ1v) is 11.5. The first-order chi connectivity index (χ1) is 16.4. The summed E-state index contributed by atoms with van der Waals surface area (Å²) in [5.41, 5.74) is 1.06. The number of anilines is 2. The topological polar surface area (TPSA) is 102 Å². The molecule has 34 heavy (non-hydrogen) atoms. The van der Waals surface area contributed by atoms with Gasteiger partial charge in [0.25, 0.3) is 5.91 Å². The van der Waals surface area contributed by atoms with Crippen molar-refractivity contribution >= 4 is 35.1 Å². The van der Waals surface area contributed by atoms with E-state index in [0.717, 1.165) is 6.42 Å². The summed E-state index contributed by atoms with van der Waals surface area (Å²) < 4.78 is 10.5. The van der Waals surface area contributed by atoms with Gasteiger partial charge in [0, 0.05) is 5.69 Å². The largest absolute Gasteiger partial charge is 0.494 e. The van der Waals surface area contributed by atoms with Crippen LogP contribution in [-0.4, -0.2) is 36.9 Å². The lowest BCUT2D eigenvalue weighted by molar-refractivity contribution is -0.122. The molecule has 0 unspecified atom stereocenters. The van der Waals surface area contributed by atoms with Crippen molar-refractivity contribution in [3.63, 3.8) is 0 Å². The molecule has 4 rings (SSSR count). The highest BCUT2D eigenvalue weighted by Crippen LogP contribution is 2.42. The van der Waals surface area contributed by atoms with Gasteiger partial charge < -0.3 is 14.8 Å². The Hall–Kier alpha value is -3.68. The molecule has 8 heteroatoms. The van der Waals surface area contributed by atoms with Crippen molar-refractivity contribution in [3.8, 4) is 5.75 Å². The molecule has 0 spiro atoms. The second-order valence-electron chi connectivity index (χ2n) is 8.78. The fourth-order valence-corrected chi connectivity index (χ4v) is 4.63. The molecule has 2 aromatic rings. The molecule has 0 bridgehead atoms. The fourth-order valence-electron chi connectivity index (χ4n) is 4.63. The molecule has 178 valence electrons. The Labute approximate surface area is 198 Å². The second kappa shape index (κ2) is 10.1. The molecule has 0 radical (unpaired) electrons. The zero-order valence-corrected chi connectivity index (χ0v) is 19.3. The van der Waals surface area contributed by atoms with Crippen LogP contribution in [0.3, 0.4) is 0 Å². The van der Waals surface area contributed by atoms with E-state index < -0.39 is 18.5 Å². The van der Waals surface area contributed by atoms with Crippen molar-refractivity contribution in [1.29, 1.82) is 0 Å². The molecular formula is C26H28N2O6. The van der Waals surface area contributed by atoms with Crippen molar-refractivity contribution in [2.24, 2.45) is 17.8 Å². The standard InChI is InChI=1S/C26H28N2O6/c1-3-33-20-10-8-18(9-11-20)27-23(29)15-34-26(32)17-5-4-6-19(14-17)28-24(30)21-12-7-16(2)13-22(21)25(28)31/h4-6,8-11,14,16,21-22H,3,7,12-13,15H2,1-2H3,(H,27,29)/t16-,21+,22-/m0/s1. The number of nitrogens with zero attached hydrogens (tertiary/aromatic N) is 1. The Balaban J connectivity index is 1.37. The number of hydrogen-bond acceptors (Lipinski definition) is 6. The Morgan fingerprint density at radius 3 is 2.50 bits per heavy atom. The Kier molecular flexibility index (Phi) is 6.95. The third-order valence-corrected chi connectivity index (χ3v) is 6.31. The van der Waals surface area contributed by atoms with Gasteiger partial charge in [0.1, 0.15) is 5.75 Å². The zero-order valence-electron chi connectivity index (χ0n) is 19.3. The first-order valence-electron chi connectivity index (χ1n) is 11.5. The number of hydrogen-bond donors (Lipinski definition) is 1. The Morgan fingerprint density at radius 1 is 1.03 bits per heavy atom. The maximum atomic E-state index is 13.0. The second-order valence-corrected chi connectivity index (χ2v) is 8.78. The molecule has 1 saturated heterocycles. The van der Waals surface area contributed by atoms with E-state index in [2.05, 4.69) is 12.2 Å². The van der Waals surface area contributed by atoms with Crippen LogP contribution >= 0.6 is 0 Å². The molecule has 2 fully saturated rings. The minimum Gasteiger partial charge on any atom is -0.494 e. The molecule has 0 aromatic heterocycles. The van der Waals surface area contributed by atoms with Gasteiger partial charge in [0.2, 0.25) is 11.8 Å². The summed E-state index contributed by atoms with van der Waals surface area (Å²) in [5.74, 6) is -1.10. The van der Waals surface area contributed by atoms with Crippen LogP contribution in [0.1, 0.15) is 43.5 Å². The molecule has 1 aliphatic carbocycles. The molecule has 1 N–H and O–H groups in total. The summed E-state index contributed by atoms with van der Waals surface area (Å²) in [5, 5.41) is 2.65. The number of amides is 3. The van der Waals surface area contributed by atoms with Crippen LogP contribution in [0, 0.1) is 17.8 Å². The Bertz CT molecular complexity index is 1100. The van der Waals surface area contributed by atoms with E-state index in [4.69, 9.17) is 9.47 Å². The van der Waals surface area contributed by atoms with E-state index in [1.807, 2.05) is 6.92 Å². The minimum absolute atomic E-state index is 0.162. The molecule has 8 nitrogen and oxygen atoms in total. The molecule has 2 aromatic carbocycles. The van der Waals surface area contributed by atoms with Crippen molar-refractivity contribution in [1.82, 2.24) is 0 Å². The summed E-state index contributed by atoms with van der Waals surface area (Å²) in [6, 6.07) is 13.1. The van der Waals surface area contributed by atoms with E-state index in [1.165, 1.54) is 17.0 Å². The fraction of sp³-hybridized carbons (Fsp3) is 0.385. The number of ether oxygens (including phenoxy) is 2. The smallest absolute Gasteiger partial charge is 0.338 e. The molecule has 3 amide bonds. The maximum Gasteiger partial charge on any atom is 0.338 e. The number of nitrogens with one attached hydrogen (secondary N) is 1. The van der Waals surface area contributed by atoms with E-state index in [9.17, 15) is 19.2 Å². The SMILES string of the molecule is CCOc1ccc(NC(=O)COC(=O)c2cccc(N3C(=O)[C@H]4C[C@@H](C)CC[C@H]4C3=O)c2)cc1. The molecule has 1 heterocycles. The third-order valence-electron chi connectivity index (χ3n) is 6.31. The van der Waals surface area contributed by atoms with Gasteiger partial charge in [-0.15, -0.1) is 0 Å². The summed E-state index contributed by atoms with van der Waals surface area (Å²) in [4.78, 5) is 51.8. The van der Waals surface area contributed by atoms with Gasteiger partial charge in [-0.05, 0) is 74.6 Å². The molecular weight excluding hydrogens is 436 g/mol. The Morgan fingerprint density at radius 2 is 1.76 bits per heavy atom. The average molecular weight is 465 g/mol. The lowest BCUT2D eigenvalue weighted by Gasteiger charge is -2.25. The maximum absolute atomic E-state index is 13.0. The average Bonchev–Trinajstić information content (AvgIpc) is 3.08. The van der Waals surface area contributed by atoms with E-state index in [0.29, 0.717) is 42.5 Å². The molecule has 2 aliphatic rings. The summed E-state index contributed by atoms with van der Waals surface area (Å²) in [6.45, 7) is 4.05. The van der Waals surface area contributed by atoms with Gasteiger partial charge in [-0.3, -0.25) is 19.3 Å². The van der Waals surface area contributed by atoms with Gasteiger partial charge in [0.15, 0.2) is 6.61 Å². The van der Waals surface area contributed by atoms with E-state index in [1.54, 1.807) is 36.4 Å². The predicted octanol–water partition coefficient (Wildman–Crippen LogP) is 3.81. The van der Waals surface area contributed by atoms with Crippen LogP contribution in [0.15, 0.2) is 48.5 Å². The van der Waals surface area contributed by atoms with Gasteiger partial charge in [-0.1, -0.05) is 13.0 Å². The highest BCUT2D eigenvalue weighted by molar-refractivity contribution is 6.22. The van der Waals surface area contributed by atoms with Gasteiger partial charge in [-0.25, -0.2) is 4.79 Å². The number of rotatable bonds is 7. The molecule has 3 atom stereocenters. The minimum atomic E-state index is -0.714. The van der Waals surface area contributed by atoms with E-state index in [-0.39, 0.29) is 29.2 Å². The predicted molar refractivity (Wildman–Crippen MR) is 125 cm³/mol. The van der Waals surface area contributed by atoms with Crippen molar-refractivity contribution in [2.45, 2.75) is 33.1 Å². The first kappa shape index (κ1) is 23.5. The van der Waals surface area contributed by atoms with Crippen LogP contribution in [-0.2, 0) is 19.1 Å². The van der Waals surface area contributed by atoms with Crippen molar-refractivity contribution in [2.75, 3.05) is 23.4 Å². The third kappa shape index (κ3) is 4.95. The van der Waals surface area contributed by atoms with Crippen LogP contribution in [0.4, 0.5) is 11.4 Å². The number of carbonyl (C=O) groups is 4. The van der Waals surface area contributed by atoms with E-state index >= 15 is 0 Å². The number of benzene rings is 2. The summed E-state index contributed by atoms with van der Waals surface area (Å²) >= 11 is 0. The lowest BCUT2D eigenvalue weighted by atomic mass is 9.76. The number of esters is 1. The van der Waals surface area contributed by atoms with Gasteiger partial charge in [0.05, 0.1) is 29.7 Å². The van der Waals surface area contributed by atoms with Crippen LogP contribution in [0.2, 0.25) is 0 Å². The molecule has 1 aliphatic heterocycles. The quantitative estimate of drug-likeness (QED) is 0.494. The van der Waals surface area contributed by atoms with Crippen molar-refractivity contribution in [3.05, 3.63) is 54.1 Å². The number of fused-ring (bicyclic) bond motifs is 1. The van der Waals surface area contributed by atoms with Crippen LogP contribution in [0.5, 0.6) is 5.75 Å². The monoisotopic (exact) mass is 464 g/mol. The summed E-state index contributed by atoms with van der Waals surface area (Å²) in [6.07, 6.45) is 2.34. The van der Waals surface area contributed by atoms with Gasteiger partial charge >= 0.3 is 5.97 Å².